The average Bonchev–Trinajstić information content (AvgIpc) is 3.34. The highest BCUT2D eigenvalue weighted by atomic mass is 19.1. The topological polar surface area (TPSA) is 79.5 Å². The van der Waals surface area contributed by atoms with Crippen LogP contribution in [-0.4, -0.2) is 39.1 Å². The molecular formula is C19H16FN3O3. The molecule has 1 aliphatic rings. The molecule has 6 nitrogen and oxygen atoms in total. The third-order valence-corrected chi connectivity index (χ3v) is 4.56. The molecule has 0 radical (unpaired) electrons. The van der Waals surface area contributed by atoms with E-state index in [1.807, 2.05) is 18.2 Å². The Balaban J connectivity index is 1.49. The number of likely N-dealkylation sites (tertiary alicyclic amines) is 1. The summed E-state index contributed by atoms with van der Waals surface area (Å²) in [6.45, 7) is 1.23. The van der Waals surface area contributed by atoms with Gasteiger partial charge in [0.1, 0.15) is 0 Å². The van der Waals surface area contributed by atoms with Gasteiger partial charge in [-0.3, -0.25) is 4.79 Å². The van der Waals surface area contributed by atoms with Gasteiger partial charge in [0.2, 0.25) is 0 Å². The summed E-state index contributed by atoms with van der Waals surface area (Å²) in [4.78, 5) is 18.4. The van der Waals surface area contributed by atoms with Crippen LogP contribution in [0.15, 0.2) is 53.1 Å². The minimum atomic E-state index is -0.742. The highest BCUT2D eigenvalue weighted by Gasteiger charge is 2.30. The van der Waals surface area contributed by atoms with Gasteiger partial charge < -0.3 is 14.5 Å². The second-order valence-electron chi connectivity index (χ2n) is 6.24. The summed E-state index contributed by atoms with van der Waals surface area (Å²) in [5.74, 6) is -1.25. The molecule has 1 saturated heterocycles. The third kappa shape index (κ3) is 3.03. The van der Waals surface area contributed by atoms with E-state index in [1.54, 1.807) is 4.90 Å². The number of phenols is 1. The van der Waals surface area contributed by atoms with Crippen LogP contribution in [0.25, 0.3) is 11.5 Å². The van der Waals surface area contributed by atoms with E-state index in [0.29, 0.717) is 24.6 Å². The molecule has 2 heterocycles. The maximum absolute atomic E-state index is 13.2. The summed E-state index contributed by atoms with van der Waals surface area (Å²) in [5.41, 5.74) is 1.55. The van der Waals surface area contributed by atoms with E-state index in [1.165, 1.54) is 17.7 Å². The van der Waals surface area contributed by atoms with Gasteiger partial charge in [-0.15, -0.1) is 0 Å². The highest BCUT2D eigenvalue weighted by Crippen LogP contribution is 2.28. The molecule has 1 N–H and O–H groups in total. The molecule has 1 aromatic heterocycles. The molecule has 0 bridgehead atoms. The van der Waals surface area contributed by atoms with Gasteiger partial charge in [0.25, 0.3) is 17.6 Å². The van der Waals surface area contributed by atoms with E-state index < -0.39 is 11.6 Å². The molecule has 4 rings (SSSR count). The van der Waals surface area contributed by atoms with E-state index >= 15 is 0 Å². The van der Waals surface area contributed by atoms with Crippen LogP contribution < -0.4 is 0 Å². The van der Waals surface area contributed by atoms with Crippen molar-refractivity contribution in [1.29, 1.82) is 0 Å². The van der Waals surface area contributed by atoms with Gasteiger partial charge in [-0.05, 0) is 30.2 Å². The molecule has 3 aromatic rings. The molecule has 1 aliphatic heterocycles. The molecule has 7 heteroatoms. The smallest absolute Gasteiger partial charge is 0.295 e. The van der Waals surface area contributed by atoms with Gasteiger partial charge in [0.15, 0.2) is 11.6 Å². The number of phenolic OH excluding ortho intramolecular Hbond substituents is 1. The summed E-state index contributed by atoms with van der Waals surface area (Å²) < 4.78 is 18.2. The van der Waals surface area contributed by atoms with Crippen molar-refractivity contribution in [2.24, 2.45) is 0 Å². The Morgan fingerprint density at radius 3 is 2.81 bits per heavy atom. The van der Waals surface area contributed by atoms with Gasteiger partial charge in [-0.2, -0.15) is 4.98 Å². The van der Waals surface area contributed by atoms with E-state index in [4.69, 9.17) is 4.52 Å². The van der Waals surface area contributed by atoms with Gasteiger partial charge in [0.05, 0.1) is 0 Å². The monoisotopic (exact) mass is 353 g/mol. The summed E-state index contributed by atoms with van der Waals surface area (Å²) >= 11 is 0. The van der Waals surface area contributed by atoms with Crippen molar-refractivity contribution in [3.8, 4) is 17.2 Å². The number of nitrogens with zero attached hydrogens (tertiary/aromatic N) is 3. The summed E-state index contributed by atoms with van der Waals surface area (Å²) in [6.07, 6.45) is 0.881. The first-order valence-electron chi connectivity index (χ1n) is 8.28. The zero-order valence-corrected chi connectivity index (χ0v) is 13.8. The van der Waals surface area contributed by atoms with E-state index in [0.717, 1.165) is 12.5 Å². The van der Waals surface area contributed by atoms with Crippen LogP contribution >= 0.6 is 0 Å². The van der Waals surface area contributed by atoms with E-state index in [2.05, 4.69) is 22.3 Å². The molecular weight excluding hydrogens is 337 g/mol. The fourth-order valence-corrected chi connectivity index (χ4v) is 3.16. The maximum Gasteiger partial charge on any atom is 0.295 e. The first kappa shape index (κ1) is 16.3. The Hall–Kier alpha value is -3.22. The zero-order valence-electron chi connectivity index (χ0n) is 13.8. The zero-order chi connectivity index (χ0) is 18.1. The van der Waals surface area contributed by atoms with Crippen LogP contribution in [0.2, 0.25) is 0 Å². The van der Waals surface area contributed by atoms with Crippen molar-refractivity contribution in [1.82, 2.24) is 15.0 Å². The number of halogens is 1. The normalized spacial score (nSPS) is 16.8. The van der Waals surface area contributed by atoms with Gasteiger partial charge >= 0.3 is 0 Å². The Kier molecular flexibility index (Phi) is 4.12. The van der Waals surface area contributed by atoms with Crippen molar-refractivity contribution in [3.05, 3.63) is 65.7 Å². The molecule has 0 saturated carbocycles. The number of carbonyl (C=O) groups is 1. The van der Waals surface area contributed by atoms with Gasteiger partial charge in [0, 0.05) is 24.6 Å². The van der Waals surface area contributed by atoms with Crippen molar-refractivity contribution >= 4 is 5.91 Å². The number of carbonyl (C=O) groups excluding carboxylic acids is 1. The summed E-state index contributed by atoms with van der Waals surface area (Å²) in [6, 6.07) is 13.7. The Morgan fingerprint density at radius 2 is 2.04 bits per heavy atom. The first-order valence-corrected chi connectivity index (χ1v) is 8.28. The van der Waals surface area contributed by atoms with Crippen LogP contribution in [0.4, 0.5) is 4.39 Å². The van der Waals surface area contributed by atoms with Crippen LogP contribution in [0.5, 0.6) is 5.75 Å². The number of rotatable bonds is 3. The minimum absolute atomic E-state index is 0.0440. The molecule has 0 unspecified atom stereocenters. The molecule has 26 heavy (non-hydrogen) atoms. The lowest BCUT2D eigenvalue weighted by Gasteiger charge is -2.14. The fraction of sp³-hybridized carbons (Fsp3) is 0.211. The molecule has 132 valence electrons. The van der Waals surface area contributed by atoms with Crippen molar-refractivity contribution in [2.45, 2.75) is 12.3 Å². The van der Waals surface area contributed by atoms with Gasteiger partial charge in [-0.1, -0.05) is 35.5 Å². The quantitative estimate of drug-likeness (QED) is 0.782. The largest absolute Gasteiger partial charge is 0.505 e. The van der Waals surface area contributed by atoms with Crippen molar-refractivity contribution in [2.75, 3.05) is 13.1 Å². The number of hydrogen-bond acceptors (Lipinski definition) is 5. The lowest BCUT2D eigenvalue weighted by molar-refractivity contribution is 0.0775. The van der Waals surface area contributed by atoms with E-state index in [9.17, 15) is 14.3 Å². The number of benzene rings is 2. The summed E-state index contributed by atoms with van der Waals surface area (Å²) in [5, 5.41) is 13.2. The van der Waals surface area contributed by atoms with Crippen molar-refractivity contribution in [3.63, 3.8) is 0 Å². The number of aromatic nitrogens is 2. The van der Waals surface area contributed by atoms with Crippen LogP contribution in [0, 0.1) is 5.82 Å². The lowest BCUT2D eigenvalue weighted by Crippen LogP contribution is -2.29. The highest BCUT2D eigenvalue weighted by molar-refractivity contribution is 5.91. The SMILES string of the molecule is O=C(c1noc(-c2ccc(F)c(O)c2)n1)N1CC[C@H](c2ccccc2)C1. The Morgan fingerprint density at radius 1 is 1.23 bits per heavy atom. The summed E-state index contributed by atoms with van der Waals surface area (Å²) in [7, 11) is 0. The molecule has 1 fully saturated rings. The number of hydrogen-bond donors (Lipinski definition) is 1. The predicted octanol–water partition coefficient (Wildman–Crippen LogP) is 3.21. The molecule has 0 spiro atoms. The first-order chi connectivity index (χ1) is 12.6. The lowest BCUT2D eigenvalue weighted by atomic mass is 9.99. The Bertz CT molecular complexity index is 942. The standard InChI is InChI=1S/C19H16FN3O3/c20-15-7-6-13(10-16(15)24)18-21-17(22-26-18)19(25)23-9-8-14(11-23)12-4-2-1-3-5-12/h1-7,10,14,24H,8-9,11H2/t14-/m0/s1. The van der Waals surface area contributed by atoms with Crippen LogP contribution in [0.3, 0.4) is 0 Å². The number of amides is 1. The number of aromatic hydroxyl groups is 1. The maximum atomic E-state index is 13.2. The molecule has 0 aliphatic carbocycles. The van der Waals surface area contributed by atoms with Gasteiger partial charge in [-0.25, -0.2) is 4.39 Å². The molecule has 1 atom stereocenters. The minimum Gasteiger partial charge on any atom is -0.505 e. The predicted molar refractivity (Wildman–Crippen MR) is 91.1 cm³/mol. The van der Waals surface area contributed by atoms with E-state index in [-0.39, 0.29) is 17.6 Å². The average molecular weight is 353 g/mol. The van der Waals surface area contributed by atoms with Crippen LogP contribution in [-0.2, 0) is 0 Å². The second-order valence-corrected chi connectivity index (χ2v) is 6.24. The van der Waals surface area contributed by atoms with Crippen molar-refractivity contribution < 1.29 is 18.8 Å². The van der Waals surface area contributed by atoms with Crippen LogP contribution in [0.1, 0.15) is 28.5 Å². The fourth-order valence-electron chi connectivity index (χ4n) is 3.16. The Labute approximate surface area is 148 Å². The third-order valence-electron chi connectivity index (χ3n) is 4.56. The molecule has 2 aromatic carbocycles. The second kappa shape index (κ2) is 6.59. The molecule has 1 amide bonds.